The quantitative estimate of drug-likeness (QED) is 0.780. The van der Waals surface area contributed by atoms with Gasteiger partial charge in [0.15, 0.2) is 0 Å². The zero-order chi connectivity index (χ0) is 14.6. The van der Waals surface area contributed by atoms with Gasteiger partial charge >= 0.3 is 0 Å². The molecule has 1 atom stereocenters. The maximum Gasteiger partial charge on any atom is 0.150 e. The van der Waals surface area contributed by atoms with Crippen LogP contribution in [-0.4, -0.2) is 49.5 Å². The molecule has 1 unspecified atom stereocenters. The summed E-state index contributed by atoms with van der Waals surface area (Å²) in [6.45, 7) is 4.08. The van der Waals surface area contributed by atoms with Crippen LogP contribution in [0.5, 0.6) is 0 Å². The Balaban J connectivity index is 1.92. The van der Waals surface area contributed by atoms with E-state index in [0.29, 0.717) is 12.2 Å². The van der Waals surface area contributed by atoms with Crippen LogP contribution in [0.4, 0.5) is 0 Å². The maximum atomic E-state index is 11.6. The lowest BCUT2D eigenvalue weighted by Gasteiger charge is -2.43. The molecule has 2 rings (SSSR count). The molecule has 1 heterocycles. The van der Waals surface area contributed by atoms with Crippen LogP contribution in [0.1, 0.15) is 58.3 Å². The lowest BCUT2D eigenvalue weighted by atomic mass is 9.84. The molecule has 20 heavy (non-hydrogen) atoms. The van der Waals surface area contributed by atoms with Crippen molar-refractivity contribution in [2.75, 3.05) is 24.6 Å². The first-order valence-corrected chi connectivity index (χ1v) is 10.0. The summed E-state index contributed by atoms with van der Waals surface area (Å²) in [5.41, 5.74) is 6.70. The molecule has 0 aromatic rings. The highest BCUT2D eigenvalue weighted by Crippen LogP contribution is 2.40. The van der Waals surface area contributed by atoms with Gasteiger partial charge in [0.1, 0.15) is 9.84 Å². The SMILES string of the molecule is CCS(=O)(=O)CCCC(N)C1(N2CCCC2)CCCC1. The van der Waals surface area contributed by atoms with Gasteiger partial charge in [-0.25, -0.2) is 8.42 Å². The van der Waals surface area contributed by atoms with Gasteiger partial charge in [0, 0.05) is 17.3 Å². The number of sulfone groups is 1. The third-order valence-corrected chi connectivity index (χ3v) is 7.10. The predicted molar refractivity (Wildman–Crippen MR) is 83.5 cm³/mol. The predicted octanol–water partition coefficient (Wildman–Crippen LogP) is 1.94. The summed E-state index contributed by atoms with van der Waals surface area (Å²) < 4.78 is 23.2. The molecule has 2 aliphatic rings. The Kier molecular flexibility index (Phi) is 5.49. The Labute approximate surface area is 124 Å². The van der Waals surface area contributed by atoms with E-state index in [1.54, 1.807) is 6.92 Å². The Bertz CT molecular complexity index is 396. The van der Waals surface area contributed by atoms with Gasteiger partial charge in [-0.15, -0.1) is 0 Å². The van der Waals surface area contributed by atoms with Crippen molar-refractivity contribution < 1.29 is 8.42 Å². The fraction of sp³-hybridized carbons (Fsp3) is 1.00. The summed E-state index contributed by atoms with van der Waals surface area (Å²) in [5, 5.41) is 0. The number of nitrogens with zero attached hydrogens (tertiary/aromatic N) is 1. The highest BCUT2D eigenvalue weighted by molar-refractivity contribution is 7.91. The first kappa shape index (κ1) is 16.2. The molecule has 1 saturated heterocycles. The Morgan fingerprint density at radius 3 is 2.30 bits per heavy atom. The number of hydrogen-bond donors (Lipinski definition) is 1. The van der Waals surface area contributed by atoms with Gasteiger partial charge in [0.05, 0.1) is 5.75 Å². The monoisotopic (exact) mass is 302 g/mol. The smallest absolute Gasteiger partial charge is 0.150 e. The molecule has 2 N–H and O–H groups in total. The Morgan fingerprint density at radius 2 is 1.75 bits per heavy atom. The van der Waals surface area contributed by atoms with Gasteiger partial charge in [-0.3, -0.25) is 4.90 Å². The van der Waals surface area contributed by atoms with Crippen molar-refractivity contribution in [3.8, 4) is 0 Å². The van der Waals surface area contributed by atoms with Gasteiger partial charge < -0.3 is 5.73 Å². The molecule has 0 amide bonds. The lowest BCUT2D eigenvalue weighted by Crippen LogP contribution is -2.57. The number of hydrogen-bond acceptors (Lipinski definition) is 4. The molecule has 0 bridgehead atoms. The summed E-state index contributed by atoms with van der Waals surface area (Å²) in [5.74, 6) is 0.548. The van der Waals surface area contributed by atoms with Crippen LogP contribution in [0.15, 0.2) is 0 Å². The number of likely N-dealkylation sites (tertiary alicyclic amines) is 1. The van der Waals surface area contributed by atoms with Gasteiger partial charge in [-0.05, 0) is 51.6 Å². The summed E-state index contributed by atoms with van der Waals surface area (Å²) in [7, 11) is -2.85. The standard InChI is InChI=1S/C15H30N2O2S/c1-2-20(18,19)13-7-8-14(16)15(9-3-4-10-15)17-11-5-6-12-17/h14H,2-13,16H2,1H3. The molecule has 5 heteroatoms. The van der Waals surface area contributed by atoms with Gasteiger partial charge in [0.25, 0.3) is 0 Å². The first-order chi connectivity index (χ1) is 9.50. The largest absolute Gasteiger partial charge is 0.326 e. The van der Waals surface area contributed by atoms with Crippen LogP contribution in [0, 0.1) is 0 Å². The van der Waals surface area contributed by atoms with Crippen molar-refractivity contribution in [3.05, 3.63) is 0 Å². The molecule has 1 aliphatic carbocycles. The Morgan fingerprint density at radius 1 is 1.15 bits per heavy atom. The van der Waals surface area contributed by atoms with Crippen LogP contribution in [-0.2, 0) is 9.84 Å². The first-order valence-electron chi connectivity index (χ1n) is 8.21. The van der Waals surface area contributed by atoms with E-state index in [1.807, 2.05) is 0 Å². The average Bonchev–Trinajstić information content (AvgIpc) is 3.10. The van der Waals surface area contributed by atoms with E-state index in [9.17, 15) is 8.42 Å². The minimum atomic E-state index is -2.85. The highest BCUT2D eigenvalue weighted by atomic mass is 32.2. The van der Waals surface area contributed by atoms with Crippen LogP contribution in [0.2, 0.25) is 0 Å². The highest BCUT2D eigenvalue weighted by Gasteiger charge is 2.44. The van der Waals surface area contributed by atoms with Gasteiger partial charge in [-0.2, -0.15) is 0 Å². The van der Waals surface area contributed by atoms with E-state index in [2.05, 4.69) is 4.90 Å². The van der Waals surface area contributed by atoms with Crippen molar-refractivity contribution in [2.24, 2.45) is 5.73 Å². The topological polar surface area (TPSA) is 63.4 Å². The molecule has 0 radical (unpaired) electrons. The Hall–Kier alpha value is -0.130. The number of nitrogens with two attached hydrogens (primary N) is 1. The van der Waals surface area contributed by atoms with Crippen molar-refractivity contribution in [3.63, 3.8) is 0 Å². The molecule has 118 valence electrons. The fourth-order valence-electron chi connectivity index (χ4n) is 4.01. The van der Waals surface area contributed by atoms with Crippen molar-refractivity contribution in [1.82, 2.24) is 4.90 Å². The lowest BCUT2D eigenvalue weighted by molar-refractivity contribution is 0.0886. The van der Waals surface area contributed by atoms with Crippen LogP contribution in [0.25, 0.3) is 0 Å². The molecule has 0 spiro atoms. The van der Waals surface area contributed by atoms with Crippen molar-refractivity contribution in [2.45, 2.75) is 69.9 Å². The minimum Gasteiger partial charge on any atom is -0.326 e. The van der Waals surface area contributed by atoms with Gasteiger partial charge in [0.2, 0.25) is 0 Å². The maximum absolute atomic E-state index is 11.6. The van der Waals surface area contributed by atoms with E-state index in [-0.39, 0.29) is 17.3 Å². The number of rotatable bonds is 7. The zero-order valence-corrected chi connectivity index (χ0v) is 13.6. The summed E-state index contributed by atoms with van der Waals surface area (Å²) in [4.78, 5) is 2.61. The van der Waals surface area contributed by atoms with Crippen LogP contribution in [0.3, 0.4) is 0 Å². The molecule has 0 aromatic carbocycles. The molecule has 2 fully saturated rings. The summed E-state index contributed by atoms with van der Waals surface area (Å²) in [6, 6.07) is 0.134. The van der Waals surface area contributed by atoms with E-state index < -0.39 is 9.84 Å². The third kappa shape index (κ3) is 3.55. The molecule has 0 aromatic heterocycles. The van der Waals surface area contributed by atoms with Gasteiger partial charge in [-0.1, -0.05) is 19.8 Å². The van der Waals surface area contributed by atoms with E-state index in [0.717, 1.165) is 6.42 Å². The van der Waals surface area contributed by atoms with E-state index >= 15 is 0 Å². The zero-order valence-electron chi connectivity index (χ0n) is 12.8. The molecular weight excluding hydrogens is 272 g/mol. The summed E-state index contributed by atoms with van der Waals surface area (Å²) >= 11 is 0. The molecular formula is C15H30N2O2S. The molecule has 1 aliphatic heterocycles. The molecule has 1 saturated carbocycles. The second-order valence-electron chi connectivity index (χ2n) is 6.49. The van der Waals surface area contributed by atoms with E-state index in [4.69, 9.17) is 5.73 Å². The second kappa shape index (κ2) is 6.75. The van der Waals surface area contributed by atoms with E-state index in [1.165, 1.54) is 51.6 Å². The fourth-order valence-corrected chi connectivity index (χ4v) is 4.90. The third-order valence-electron chi connectivity index (χ3n) is 5.31. The van der Waals surface area contributed by atoms with Crippen molar-refractivity contribution >= 4 is 9.84 Å². The minimum absolute atomic E-state index is 0.134. The molecule has 4 nitrogen and oxygen atoms in total. The van der Waals surface area contributed by atoms with Crippen molar-refractivity contribution in [1.29, 1.82) is 0 Å². The summed E-state index contributed by atoms with van der Waals surface area (Å²) in [6.07, 6.45) is 9.10. The average molecular weight is 302 g/mol. The van der Waals surface area contributed by atoms with Crippen LogP contribution >= 0.6 is 0 Å². The second-order valence-corrected chi connectivity index (χ2v) is 8.96. The normalized spacial score (nSPS) is 25.1. The van der Waals surface area contributed by atoms with Crippen LogP contribution < -0.4 is 5.73 Å².